The van der Waals surface area contributed by atoms with E-state index in [4.69, 9.17) is 9.47 Å². The van der Waals surface area contributed by atoms with Crippen LogP contribution in [0.3, 0.4) is 0 Å². The van der Waals surface area contributed by atoms with E-state index < -0.39 is 26.6 Å². The Bertz CT molecular complexity index is 879. The number of amides is 1. The summed E-state index contributed by atoms with van der Waals surface area (Å²) in [5.74, 6) is -0.925. The number of hydrogen-bond donors (Lipinski definition) is 1. The summed E-state index contributed by atoms with van der Waals surface area (Å²) in [4.78, 5) is 14.7. The van der Waals surface area contributed by atoms with Gasteiger partial charge in [-0.1, -0.05) is 0 Å². The fourth-order valence-corrected chi connectivity index (χ4v) is 6.18. The van der Waals surface area contributed by atoms with Crippen LogP contribution in [0, 0.1) is 11.7 Å². The van der Waals surface area contributed by atoms with Gasteiger partial charge in [-0.15, -0.1) is 0 Å². The molecule has 0 spiro atoms. The highest BCUT2D eigenvalue weighted by Gasteiger charge is 2.33. The summed E-state index contributed by atoms with van der Waals surface area (Å²) < 4.78 is 52.3. The maximum absolute atomic E-state index is 14.4. The number of hydrogen-bond acceptors (Lipinski definition) is 6. The van der Waals surface area contributed by atoms with Crippen molar-refractivity contribution in [1.29, 1.82) is 0 Å². The molecule has 1 aromatic carbocycles. The van der Waals surface area contributed by atoms with Crippen LogP contribution >= 0.6 is 0 Å². The molecule has 0 aliphatic carbocycles. The standard InChI is InChI=1S/C21H30FN3O5S/c22-18-4-3-16(13-20(18)31(27,28)25-6-1-2-7-25)21(26)23-14-19(17-5-10-30-15-17)24-8-11-29-12-9-24/h3-4,13,17,19H,1-2,5-12,14-15H2,(H,23,26). The first-order valence-electron chi connectivity index (χ1n) is 10.9. The van der Waals surface area contributed by atoms with Crippen molar-refractivity contribution < 1.29 is 27.1 Å². The Morgan fingerprint density at radius 3 is 2.55 bits per heavy atom. The van der Waals surface area contributed by atoms with Crippen molar-refractivity contribution in [1.82, 2.24) is 14.5 Å². The van der Waals surface area contributed by atoms with E-state index in [1.54, 1.807) is 0 Å². The molecule has 0 saturated carbocycles. The molecule has 1 N–H and O–H groups in total. The Morgan fingerprint density at radius 1 is 1.13 bits per heavy atom. The van der Waals surface area contributed by atoms with Crippen LogP contribution in [0.5, 0.6) is 0 Å². The highest BCUT2D eigenvalue weighted by atomic mass is 32.2. The molecule has 3 aliphatic heterocycles. The number of carbonyl (C=O) groups is 1. The van der Waals surface area contributed by atoms with Gasteiger partial charge >= 0.3 is 0 Å². The number of benzene rings is 1. The van der Waals surface area contributed by atoms with Crippen molar-refractivity contribution >= 4 is 15.9 Å². The van der Waals surface area contributed by atoms with Crippen molar-refractivity contribution in [2.75, 3.05) is 59.2 Å². The van der Waals surface area contributed by atoms with Crippen molar-refractivity contribution in [3.8, 4) is 0 Å². The number of nitrogens with one attached hydrogen (secondary N) is 1. The fraction of sp³-hybridized carbons (Fsp3) is 0.667. The van der Waals surface area contributed by atoms with Crippen LogP contribution in [0.2, 0.25) is 0 Å². The third kappa shape index (κ3) is 5.09. The fourth-order valence-electron chi connectivity index (χ4n) is 4.57. The van der Waals surface area contributed by atoms with Gasteiger partial charge in [-0.25, -0.2) is 12.8 Å². The average Bonchev–Trinajstić information content (AvgIpc) is 3.50. The molecule has 2 unspecified atom stereocenters. The molecular formula is C21H30FN3O5S. The average molecular weight is 456 g/mol. The minimum absolute atomic E-state index is 0.114. The second-order valence-corrected chi connectivity index (χ2v) is 10.2. The maximum Gasteiger partial charge on any atom is 0.251 e. The Balaban J connectivity index is 1.47. The smallest absolute Gasteiger partial charge is 0.251 e. The van der Waals surface area contributed by atoms with Gasteiger partial charge in [-0.3, -0.25) is 9.69 Å². The number of ether oxygens (including phenoxy) is 2. The minimum atomic E-state index is -3.95. The van der Waals surface area contributed by atoms with Gasteiger partial charge in [-0.2, -0.15) is 4.31 Å². The molecule has 0 aromatic heterocycles. The Hall–Kier alpha value is -1.59. The van der Waals surface area contributed by atoms with Crippen LogP contribution in [-0.4, -0.2) is 88.7 Å². The number of sulfonamides is 1. The SMILES string of the molecule is O=C(NCC(C1CCOC1)N1CCOCC1)c1ccc(F)c(S(=O)(=O)N2CCCC2)c1. The highest BCUT2D eigenvalue weighted by molar-refractivity contribution is 7.89. The lowest BCUT2D eigenvalue weighted by Gasteiger charge is -2.37. The van der Waals surface area contributed by atoms with E-state index in [1.165, 1.54) is 10.4 Å². The first-order valence-corrected chi connectivity index (χ1v) is 12.4. The number of morpholine rings is 1. The van der Waals surface area contributed by atoms with Gasteiger partial charge in [0.25, 0.3) is 5.91 Å². The lowest BCUT2D eigenvalue weighted by atomic mass is 9.96. The molecule has 3 aliphatic rings. The largest absolute Gasteiger partial charge is 0.381 e. The second kappa shape index (κ2) is 9.91. The summed E-state index contributed by atoms with van der Waals surface area (Å²) in [5, 5.41) is 2.93. The summed E-state index contributed by atoms with van der Waals surface area (Å²) in [6, 6.07) is 3.66. The van der Waals surface area contributed by atoms with Crippen LogP contribution in [-0.2, 0) is 19.5 Å². The quantitative estimate of drug-likeness (QED) is 0.662. The van der Waals surface area contributed by atoms with Gasteiger partial charge in [0.05, 0.1) is 19.8 Å². The van der Waals surface area contributed by atoms with Crippen molar-refractivity contribution in [2.24, 2.45) is 5.92 Å². The maximum atomic E-state index is 14.4. The summed E-state index contributed by atoms with van der Waals surface area (Å²) in [6.45, 7) is 5.46. The van der Waals surface area contributed by atoms with Crippen molar-refractivity contribution in [3.05, 3.63) is 29.6 Å². The summed E-state index contributed by atoms with van der Waals surface area (Å²) in [7, 11) is -3.95. The number of rotatable bonds is 7. The third-order valence-corrected chi connectivity index (χ3v) is 8.29. The van der Waals surface area contributed by atoms with Crippen LogP contribution in [0.1, 0.15) is 29.6 Å². The normalized spacial score (nSPS) is 24.4. The lowest BCUT2D eigenvalue weighted by Crippen LogP contribution is -2.52. The molecular weight excluding hydrogens is 425 g/mol. The van der Waals surface area contributed by atoms with Crippen LogP contribution < -0.4 is 5.32 Å². The van der Waals surface area contributed by atoms with Gasteiger partial charge in [0.1, 0.15) is 10.7 Å². The molecule has 0 bridgehead atoms. The van der Waals surface area contributed by atoms with Crippen LogP contribution in [0.15, 0.2) is 23.1 Å². The molecule has 1 aromatic rings. The third-order valence-electron chi connectivity index (χ3n) is 6.37. The second-order valence-electron chi connectivity index (χ2n) is 8.31. The van der Waals surface area contributed by atoms with Gasteiger partial charge in [0, 0.05) is 56.9 Å². The number of nitrogens with zero attached hydrogens (tertiary/aromatic N) is 2. The van der Waals surface area contributed by atoms with Gasteiger partial charge in [0.15, 0.2) is 0 Å². The van der Waals surface area contributed by atoms with E-state index >= 15 is 0 Å². The van der Waals surface area contributed by atoms with Gasteiger partial charge in [-0.05, 0) is 37.5 Å². The molecule has 2 atom stereocenters. The lowest BCUT2D eigenvalue weighted by molar-refractivity contribution is 0.00166. The van der Waals surface area contributed by atoms with E-state index in [0.717, 1.165) is 51.1 Å². The topological polar surface area (TPSA) is 88.2 Å². The van der Waals surface area contributed by atoms with E-state index in [-0.39, 0.29) is 11.6 Å². The minimum Gasteiger partial charge on any atom is -0.381 e. The summed E-state index contributed by atoms with van der Waals surface area (Å²) in [6.07, 6.45) is 2.45. The van der Waals surface area contributed by atoms with E-state index in [1.807, 2.05) is 0 Å². The predicted molar refractivity (Wildman–Crippen MR) is 112 cm³/mol. The Morgan fingerprint density at radius 2 is 1.87 bits per heavy atom. The molecule has 3 heterocycles. The van der Waals surface area contributed by atoms with Crippen molar-refractivity contribution in [2.45, 2.75) is 30.2 Å². The van der Waals surface area contributed by atoms with Crippen molar-refractivity contribution in [3.63, 3.8) is 0 Å². The molecule has 10 heteroatoms. The van der Waals surface area contributed by atoms with E-state index in [2.05, 4.69) is 10.2 Å². The number of halogens is 1. The molecule has 3 saturated heterocycles. The Labute approximate surface area is 182 Å². The molecule has 1 amide bonds. The monoisotopic (exact) mass is 455 g/mol. The predicted octanol–water partition coefficient (Wildman–Crippen LogP) is 1.08. The zero-order valence-corrected chi connectivity index (χ0v) is 18.4. The molecule has 3 fully saturated rings. The van der Waals surface area contributed by atoms with E-state index in [9.17, 15) is 17.6 Å². The zero-order chi connectivity index (χ0) is 21.8. The van der Waals surface area contributed by atoms with Gasteiger partial charge < -0.3 is 14.8 Å². The first-order chi connectivity index (χ1) is 15.0. The zero-order valence-electron chi connectivity index (χ0n) is 17.6. The highest BCUT2D eigenvalue weighted by Crippen LogP contribution is 2.25. The van der Waals surface area contributed by atoms with E-state index in [0.29, 0.717) is 45.4 Å². The molecule has 4 rings (SSSR count). The first kappa shape index (κ1) is 22.6. The molecule has 31 heavy (non-hydrogen) atoms. The Kier molecular flexibility index (Phi) is 7.22. The summed E-state index contributed by atoms with van der Waals surface area (Å²) in [5.41, 5.74) is 0.141. The molecule has 0 radical (unpaired) electrons. The molecule has 8 nitrogen and oxygen atoms in total. The number of carbonyl (C=O) groups excluding carboxylic acids is 1. The summed E-state index contributed by atoms with van der Waals surface area (Å²) >= 11 is 0. The van der Waals surface area contributed by atoms with Crippen LogP contribution in [0.4, 0.5) is 4.39 Å². The molecule has 172 valence electrons. The van der Waals surface area contributed by atoms with Crippen LogP contribution in [0.25, 0.3) is 0 Å². The van der Waals surface area contributed by atoms with Gasteiger partial charge in [0.2, 0.25) is 10.0 Å².